The van der Waals surface area contributed by atoms with E-state index < -0.39 is 21.1 Å². The Labute approximate surface area is 198 Å². The van der Waals surface area contributed by atoms with E-state index >= 15 is 4.57 Å². The molecule has 0 saturated carbocycles. The fourth-order valence-corrected chi connectivity index (χ4v) is 8.92. The lowest BCUT2D eigenvalue weighted by molar-refractivity contribution is 0.127. The summed E-state index contributed by atoms with van der Waals surface area (Å²) in [5.41, 5.74) is 1.23. The van der Waals surface area contributed by atoms with Crippen molar-refractivity contribution in [3.8, 4) is 0 Å². The smallest absolute Gasteiger partial charge is 0.185 e. The second-order valence-electron chi connectivity index (χ2n) is 9.34. The zero-order chi connectivity index (χ0) is 23.4. The van der Waals surface area contributed by atoms with Crippen LogP contribution < -0.4 is 10.6 Å². The van der Waals surface area contributed by atoms with E-state index in [1.165, 1.54) is 0 Å². The minimum absolute atomic E-state index is 0.353. The second kappa shape index (κ2) is 9.65. The molecule has 168 valence electrons. The van der Waals surface area contributed by atoms with Crippen molar-refractivity contribution in [1.82, 2.24) is 0 Å². The van der Waals surface area contributed by atoms with Crippen LogP contribution >= 0.6 is 7.14 Å². The van der Waals surface area contributed by atoms with Crippen LogP contribution in [0.3, 0.4) is 0 Å². The molecule has 33 heavy (non-hydrogen) atoms. The third-order valence-corrected chi connectivity index (χ3v) is 9.87. The van der Waals surface area contributed by atoms with E-state index in [1.807, 2.05) is 97.1 Å². The number of hydrogen-bond donors (Lipinski definition) is 0. The molecule has 0 aliphatic carbocycles. The summed E-state index contributed by atoms with van der Waals surface area (Å²) in [5.74, 6) is 0. The Morgan fingerprint density at radius 3 is 1.27 bits per heavy atom. The van der Waals surface area contributed by atoms with E-state index in [0.717, 1.165) is 21.7 Å². The molecule has 0 radical (unpaired) electrons. The van der Waals surface area contributed by atoms with E-state index in [0.29, 0.717) is 6.16 Å². The molecule has 0 atom stereocenters. The fraction of sp³-hybridized carbons (Fsp3) is 0.172. The predicted octanol–water partition coefficient (Wildman–Crippen LogP) is 6.80. The van der Waals surface area contributed by atoms with Gasteiger partial charge in [0.15, 0.2) is 8.32 Å². The molecule has 0 saturated heterocycles. The summed E-state index contributed by atoms with van der Waals surface area (Å²) in [5, 5.41) is 1.71. The van der Waals surface area contributed by atoms with E-state index in [2.05, 4.69) is 43.9 Å². The first-order valence-corrected chi connectivity index (χ1v) is 16.7. The van der Waals surface area contributed by atoms with Crippen LogP contribution in [-0.2, 0) is 14.6 Å². The molecule has 4 aromatic carbocycles. The Hall–Kier alpha value is -2.71. The summed E-state index contributed by atoms with van der Waals surface area (Å²) in [6, 6.07) is 40.4. The Kier molecular flexibility index (Phi) is 6.85. The van der Waals surface area contributed by atoms with Gasteiger partial charge in [0, 0.05) is 16.8 Å². The largest absolute Gasteiger partial charge is 0.404 e. The van der Waals surface area contributed by atoms with Crippen molar-refractivity contribution in [3.63, 3.8) is 0 Å². The highest BCUT2D eigenvalue weighted by molar-refractivity contribution is 7.78. The van der Waals surface area contributed by atoms with Crippen LogP contribution in [-0.4, -0.2) is 14.5 Å². The molecule has 0 amide bonds. The van der Waals surface area contributed by atoms with E-state index in [-0.39, 0.29) is 0 Å². The van der Waals surface area contributed by atoms with Crippen molar-refractivity contribution in [2.75, 3.05) is 6.16 Å². The van der Waals surface area contributed by atoms with Gasteiger partial charge in [0.1, 0.15) is 12.7 Å². The first kappa shape index (κ1) is 23.4. The summed E-state index contributed by atoms with van der Waals surface area (Å²) < 4.78 is 22.3. The molecule has 0 spiro atoms. The molecule has 4 heteroatoms. The van der Waals surface area contributed by atoms with Gasteiger partial charge in [-0.05, 0) is 30.8 Å². The van der Waals surface area contributed by atoms with Crippen molar-refractivity contribution in [1.29, 1.82) is 0 Å². The third kappa shape index (κ3) is 5.12. The van der Waals surface area contributed by atoms with Crippen LogP contribution in [0, 0.1) is 0 Å². The van der Waals surface area contributed by atoms with Gasteiger partial charge in [-0.25, -0.2) is 0 Å². The summed E-state index contributed by atoms with van der Waals surface area (Å²) in [6.07, 6.45) is 0.353. The first-order chi connectivity index (χ1) is 15.8. The molecule has 2 nitrogen and oxygen atoms in total. The molecule has 0 aliphatic rings. The Balaban J connectivity index is 2.01. The number of rotatable bonds is 8. The zero-order valence-electron chi connectivity index (χ0n) is 19.5. The molecule has 0 fully saturated rings. The molecule has 4 rings (SSSR count). The summed E-state index contributed by atoms with van der Waals surface area (Å²) >= 11 is 0. The van der Waals surface area contributed by atoms with Crippen molar-refractivity contribution in [2.45, 2.75) is 25.2 Å². The first-order valence-electron chi connectivity index (χ1n) is 11.4. The van der Waals surface area contributed by atoms with Crippen molar-refractivity contribution in [2.24, 2.45) is 0 Å². The van der Waals surface area contributed by atoms with Crippen molar-refractivity contribution in [3.05, 3.63) is 132 Å². The Morgan fingerprint density at radius 2 is 0.939 bits per heavy atom. The van der Waals surface area contributed by atoms with Gasteiger partial charge >= 0.3 is 0 Å². The third-order valence-electron chi connectivity index (χ3n) is 5.75. The van der Waals surface area contributed by atoms with Gasteiger partial charge in [0.2, 0.25) is 0 Å². The highest BCUT2D eigenvalue weighted by Crippen LogP contribution is 2.52. The highest BCUT2D eigenvalue weighted by Gasteiger charge is 2.46. The minimum atomic E-state index is -3.07. The average Bonchev–Trinajstić information content (AvgIpc) is 2.85. The SMILES string of the molecule is C[Si](C)(C)OC(CP(=O)(c1ccccc1)c1ccccc1)(c1ccccc1)c1ccccc1. The molecule has 0 aromatic heterocycles. The summed E-state index contributed by atoms with van der Waals surface area (Å²) in [4.78, 5) is 0. The van der Waals surface area contributed by atoms with Crippen LogP contribution in [0.1, 0.15) is 11.1 Å². The van der Waals surface area contributed by atoms with Gasteiger partial charge in [-0.15, -0.1) is 0 Å². The van der Waals surface area contributed by atoms with Gasteiger partial charge in [-0.2, -0.15) is 0 Å². The average molecular weight is 471 g/mol. The zero-order valence-corrected chi connectivity index (χ0v) is 21.4. The van der Waals surface area contributed by atoms with Gasteiger partial charge in [0.05, 0.1) is 0 Å². The molecular formula is C29H31O2PSi. The Bertz CT molecular complexity index is 1120. The quantitative estimate of drug-likeness (QED) is 0.209. The topological polar surface area (TPSA) is 26.3 Å². The van der Waals surface area contributed by atoms with Gasteiger partial charge < -0.3 is 8.99 Å². The van der Waals surface area contributed by atoms with E-state index in [1.54, 1.807) is 0 Å². The van der Waals surface area contributed by atoms with Crippen LogP contribution in [0.5, 0.6) is 0 Å². The Morgan fingerprint density at radius 1 is 0.606 bits per heavy atom. The normalized spacial score (nSPS) is 12.5. The van der Waals surface area contributed by atoms with Gasteiger partial charge in [-0.1, -0.05) is 121 Å². The number of benzene rings is 4. The maximum Gasteiger partial charge on any atom is 0.185 e. The summed E-state index contributed by atoms with van der Waals surface area (Å²) in [6.45, 7) is 6.59. The molecule has 4 aromatic rings. The van der Waals surface area contributed by atoms with E-state index in [9.17, 15) is 0 Å². The molecule has 0 unspecified atom stereocenters. The monoisotopic (exact) mass is 470 g/mol. The highest BCUT2D eigenvalue weighted by atomic mass is 31.2. The van der Waals surface area contributed by atoms with Crippen LogP contribution in [0.15, 0.2) is 121 Å². The minimum Gasteiger partial charge on any atom is -0.404 e. The van der Waals surface area contributed by atoms with Crippen molar-refractivity contribution < 1.29 is 8.99 Å². The molecule has 0 heterocycles. The lowest BCUT2D eigenvalue weighted by Crippen LogP contribution is -2.45. The molecule has 0 N–H and O–H groups in total. The molecule has 0 bridgehead atoms. The maximum absolute atomic E-state index is 15.2. The number of hydrogen-bond acceptors (Lipinski definition) is 2. The van der Waals surface area contributed by atoms with Crippen LogP contribution in [0.2, 0.25) is 19.6 Å². The van der Waals surface area contributed by atoms with Gasteiger partial charge in [-0.3, -0.25) is 0 Å². The van der Waals surface area contributed by atoms with Crippen molar-refractivity contribution >= 4 is 26.1 Å². The molecular weight excluding hydrogens is 439 g/mol. The van der Waals surface area contributed by atoms with Crippen LogP contribution in [0.4, 0.5) is 0 Å². The standard InChI is InChI=1S/C29H31O2PSi/c1-33(2,3)31-29(25-16-8-4-9-17-25,26-18-10-5-11-19-26)24-32(30,27-20-12-6-13-21-27)28-22-14-7-15-23-28/h4-23H,24H2,1-3H3. The van der Waals surface area contributed by atoms with E-state index in [4.69, 9.17) is 4.43 Å². The van der Waals surface area contributed by atoms with Gasteiger partial charge in [0.25, 0.3) is 0 Å². The molecule has 0 aliphatic heterocycles. The fourth-order valence-electron chi connectivity index (χ4n) is 4.42. The second-order valence-corrected chi connectivity index (χ2v) is 16.6. The lowest BCUT2D eigenvalue weighted by atomic mass is 9.88. The lowest BCUT2D eigenvalue weighted by Gasteiger charge is -2.42. The maximum atomic E-state index is 15.2. The summed E-state index contributed by atoms with van der Waals surface area (Å²) in [7, 11) is -5.15. The van der Waals surface area contributed by atoms with Crippen LogP contribution in [0.25, 0.3) is 0 Å². The predicted molar refractivity (Wildman–Crippen MR) is 143 cm³/mol.